The van der Waals surface area contributed by atoms with Crippen LogP contribution in [0.3, 0.4) is 0 Å². The Balaban J connectivity index is 2.50. The van der Waals surface area contributed by atoms with E-state index in [-0.39, 0.29) is 4.90 Å². The molecule has 0 radical (unpaired) electrons. The zero-order valence-electron chi connectivity index (χ0n) is 16.4. The number of sulfone groups is 1. The van der Waals surface area contributed by atoms with E-state index in [0.717, 1.165) is 30.4 Å². The highest BCUT2D eigenvalue weighted by Gasteiger charge is 2.51. The first-order chi connectivity index (χ1) is 13.5. The zero-order chi connectivity index (χ0) is 21.9. The standard InChI is InChI=1S/C18H24N2O7S2/c1-4-5-12-27-14-8-10-15(11-9-14)29(25,26)16-7-6-13-28(23,24)20(2,3)17(16)18(21)19-22/h6-11,13,17H,4-5,12H2,1-3H3,(H-,19,21,22)/p+1. The number of nitrogens with zero attached hydrogens (tertiary/aromatic N) is 1. The highest BCUT2D eigenvalue weighted by Crippen LogP contribution is 2.32. The van der Waals surface area contributed by atoms with E-state index in [4.69, 9.17) is 9.94 Å². The lowest BCUT2D eigenvalue weighted by Crippen LogP contribution is -2.59. The highest BCUT2D eigenvalue weighted by molar-refractivity contribution is 7.95. The predicted molar refractivity (Wildman–Crippen MR) is 106 cm³/mol. The Morgan fingerprint density at radius 2 is 1.86 bits per heavy atom. The largest absolute Gasteiger partial charge is 0.494 e. The first kappa shape index (κ1) is 23.1. The maximum absolute atomic E-state index is 13.2. The molecule has 0 saturated heterocycles. The number of benzene rings is 1. The maximum atomic E-state index is 13.2. The fourth-order valence-electron chi connectivity index (χ4n) is 2.83. The van der Waals surface area contributed by atoms with Crippen molar-refractivity contribution in [3.8, 4) is 5.75 Å². The molecule has 1 atom stereocenters. The monoisotopic (exact) mass is 445 g/mol. The lowest BCUT2D eigenvalue weighted by atomic mass is 10.2. The van der Waals surface area contributed by atoms with E-state index in [1.165, 1.54) is 43.8 Å². The number of ether oxygens (including phenoxy) is 1. The van der Waals surface area contributed by atoms with Gasteiger partial charge in [0.1, 0.15) is 10.7 Å². The molecule has 0 spiro atoms. The summed E-state index contributed by atoms with van der Waals surface area (Å²) in [6.45, 7) is 2.52. The quantitative estimate of drug-likeness (QED) is 0.281. The van der Waals surface area contributed by atoms with Crippen LogP contribution in [0.15, 0.2) is 51.6 Å². The molecule has 1 aromatic rings. The smallest absolute Gasteiger partial charge is 0.320 e. The van der Waals surface area contributed by atoms with E-state index in [0.29, 0.717) is 12.4 Å². The van der Waals surface area contributed by atoms with Gasteiger partial charge in [0.2, 0.25) is 15.9 Å². The Hall–Kier alpha value is -2.21. The van der Waals surface area contributed by atoms with Gasteiger partial charge in [-0.15, -0.1) is 0 Å². The van der Waals surface area contributed by atoms with Crippen molar-refractivity contribution >= 4 is 25.8 Å². The molecule has 1 aliphatic rings. The Kier molecular flexibility index (Phi) is 6.89. The summed E-state index contributed by atoms with van der Waals surface area (Å²) in [5.74, 6) is -0.660. The van der Waals surface area contributed by atoms with Crippen LogP contribution in [0, 0.1) is 0 Å². The fraction of sp³-hybridized carbons (Fsp3) is 0.389. The molecule has 1 amide bonds. The minimum Gasteiger partial charge on any atom is -0.494 e. The second-order valence-corrected chi connectivity index (χ2v) is 11.1. The Morgan fingerprint density at radius 1 is 1.24 bits per heavy atom. The van der Waals surface area contributed by atoms with Gasteiger partial charge in [0.15, 0.2) is 0 Å². The molecule has 29 heavy (non-hydrogen) atoms. The van der Waals surface area contributed by atoms with Gasteiger partial charge < -0.3 is 4.74 Å². The molecular formula is C18H25N2O7S2+. The second kappa shape index (κ2) is 8.66. The SMILES string of the molecule is CCCCOc1ccc(S(=O)(=O)C2=CC=CS(=O)(=O)[N+](C)(C)C2C(=O)NO)cc1. The van der Waals surface area contributed by atoms with Crippen molar-refractivity contribution in [3.05, 3.63) is 46.7 Å². The normalized spacial score (nSPS) is 20.4. The van der Waals surface area contributed by atoms with E-state index in [9.17, 15) is 21.6 Å². The number of unbranched alkanes of at least 4 members (excludes halogenated alkanes) is 1. The van der Waals surface area contributed by atoms with Gasteiger partial charge in [-0.25, -0.2) is 17.8 Å². The van der Waals surface area contributed by atoms with Crippen molar-refractivity contribution in [1.29, 1.82) is 0 Å². The van der Waals surface area contributed by atoms with Crippen molar-refractivity contribution in [2.75, 3.05) is 20.7 Å². The fourth-order valence-corrected chi connectivity index (χ4v) is 5.68. The topological polar surface area (TPSA) is 127 Å². The number of rotatable bonds is 7. The second-order valence-electron chi connectivity index (χ2n) is 6.90. The third-order valence-corrected chi connectivity index (χ3v) is 8.52. The van der Waals surface area contributed by atoms with Gasteiger partial charge in [-0.3, -0.25) is 10.0 Å². The van der Waals surface area contributed by atoms with Gasteiger partial charge in [0.05, 0.1) is 31.0 Å². The summed E-state index contributed by atoms with van der Waals surface area (Å²) in [6.07, 6.45) is 3.94. The van der Waals surface area contributed by atoms with Gasteiger partial charge in [-0.1, -0.05) is 13.3 Å². The number of amides is 1. The molecule has 0 bridgehead atoms. The van der Waals surface area contributed by atoms with Crippen molar-refractivity contribution in [3.63, 3.8) is 0 Å². The average Bonchev–Trinajstić information content (AvgIpc) is 2.76. The molecule has 11 heteroatoms. The first-order valence-corrected chi connectivity index (χ1v) is 11.9. The first-order valence-electron chi connectivity index (χ1n) is 8.88. The van der Waals surface area contributed by atoms with Crippen LogP contribution in [0.5, 0.6) is 5.75 Å². The molecule has 1 unspecified atom stereocenters. The summed E-state index contributed by atoms with van der Waals surface area (Å²) >= 11 is 0. The van der Waals surface area contributed by atoms with Crippen LogP contribution in [-0.4, -0.2) is 58.6 Å². The lowest BCUT2D eigenvalue weighted by molar-refractivity contribution is -0.772. The number of sulfonamides is 1. The van der Waals surface area contributed by atoms with Crippen molar-refractivity contribution in [1.82, 2.24) is 5.48 Å². The average molecular weight is 446 g/mol. The number of allylic oxidation sites excluding steroid dienone is 2. The van der Waals surface area contributed by atoms with E-state index in [1.807, 2.05) is 6.92 Å². The molecule has 0 aromatic heterocycles. The third kappa shape index (κ3) is 4.53. The van der Waals surface area contributed by atoms with Crippen LogP contribution in [0.2, 0.25) is 0 Å². The highest BCUT2D eigenvalue weighted by atomic mass is 32.2. The number of hydrogen-bond acceptors (Lipinski definition) is 7. The summed E-state index contributed by atoms with van der Waals surface area (Å²) in [5.41, 5.74) is 1.38. The predicted octanol–water partition coefficient (Wildman–Crippen LogP) is 1.33. The van der Waals surface area contributed by atoms with E-state index in [2.05, 4.69) is 0 Å². The van der Waals surface area contributed by atoms with Crippen molar-refractivity contribution in [2.45, 2.75) is 30.7 Å². The van der Waals surface area contributed by atoms with Gasteiger partial charge in [-0.05, 0) is 42.8 Å². The van der Waals surface area contributed by atoms with Crippen LogP contribution in [0.25, 0.3) is 0 Å². The number of quaternary nitrogens is 1. The van der Waals surface area contributed by atoms with E-state index < -0.39 is 40.6 Å². The Labute approximate surface area is 170 Å². The molecule has 160 valence electrons. The number of hydroxylamine groups is 1. The Morgan fingerprint density at radius 3 is 2.41 bits per heavy atom. The van der Waals surface area contributed by atoms with Gasteiger partial charge in [0, 0.05) is 0 Å². The number of carbonyl (C=O) groups is 1. The summed E-state index contributed by atoms with van der Waals surface area (Å²) in [4.78, 5) is 11.7. The number of hydrogen-bond donors (Lipinski definition) is 2. The van der Waals surface area contributed by atoms with E-state index >= 15 is 0 Å². The van der Waals surface area contributed by atoms with Crippen LogP contribution < -0.4 is 10.2 Å². The molecule has 0 saturated carbocycles. The van der Waals surface area contributed by atoms with Gasteiger partial charge >= 0.3 is 15.9 Å². The number of nitrogens with one attached hydrogen (secondary N) is 1. The molecule has 0 fully saturated rings. The summed E-state index contributed by atoms with van der Waals surface area (Å²) < 4.78 is 56.0. The summed E-state index contributed by atoms with van der Waals surface area (Å²) in [7, 11) is -5.94. The molecule has 1 heterocycles. The molecule has 1 aliphatic heterocycles. The molecule has 0 aliphatic carbocycles. The lowest BCUT2D eigenvalue weighted by Gasteiger charge is -2.33. The summed E-state index contributed by atoms with van der Waals surface area (Å²) in [5, 5.41) is 9.94. The van der Waals surface area contributed by atoms with Crippen LogP contribution in [0.4, 0.5) is 0 Å². The van der Waals surface area contributed by atoms with E-state index in [1.54, 1.807) is 0 Å². The maximum Gasteiger partial charge on any atom is 0.320 e. The number of carbonyl (C=O) groups excluding carboxylic acids is 1. The third-order valence-electron chi connectivity index (χ3n) is 4.63. The minimum absolute atomic E-state index is 0.130. The minimum atomic E-state index is -4.25. The summed E-state index contributed by atoms with van der Waals surface area (Å²) in [6, 6.07) is 3.93. The van der Waals surface area contributed by atoms with Crippen LogP contribution in [0.1, 0.15) is 19.8 Å². The van der Waals surface area contributed by atoms with Gasteiger partial charge in [-0.2, -0.15) is 8.42 Å². The van der Waals surface area contributed by atoms with Crippen molar-refractivity contribution < 1.29 is 35.5 Å². The molecule has 2 N–H and O–H groups in total. The Bertz CT molecular complexity index is 1020. The molecular weight excluding hydrogens is 420 g/mol. The van der Waals surface area contributed by atoms with Crippen molar-refractivity contribution in [2.24, 2.45) is 0 Å². The van der Waals surface area contributed by atoms with Crippen LogP contribution >= 0.6 is 0 Å². The molecule has 2 rings (SSSR count). The molecule has 9 nitrogen and oxygen atoms in total. The zero-order valence-corrected chi connectivity index (χ0v) is 18.0. The number of likely N-dealkylation sites (N-methyl/N-ethyl adjacent to an activating group) is 1. The van der Waals surface area contributed by atoms with Crippen LogP contribution in [-0.2, 0) is 24.7 Å². The molecule has 1 aromatic carbocycles. The van der Waals surface area contributed by atoms with Gasteiger partial charge in [0.25, 0.3) is 0 Å².